The van der Waals surface area contributed by atoms with E-state index < -0.39 is 11.8 Å². The van der Waals surface area contributed by atoms with Gasteiger partial charge in [-0.2, -0.15) is 25.5 Å². The number of nitrogens with zero attached hydrogens (tertiary/aromatic N) is 16. The predicted octanol–water partition coefficient (Wildman–Crippen LogP) is 18.0. The summed E-state index contributed by atoms with van der Waals surface area (Å²) in [6.45, 7) is 29.4. The van der Waals surface area contributed by atoms with Crippen LogP contribution in [0.5, 0.6) is 0 Å². The number of thiophene rings is 1. The molecule has 9 aromatic heterocycles. The Bertz CT molecular complexity index is 6150. The molecule has 0 aliphatic carbocycles. The molecule has 15 rings (SSSR count). The van der Waals surface area contributed by atoms with Gasteiger partial charge < -0.3 is 33.2 Å². The highest BCUT2D eigenvalue weighted by Crippen LogP contribution is 2.40. The summed E-state index contributed by atoms with van der Waals surface area (Å²) in [5, 5.41) is 39.7. The molecule has 0 atom stereocenters. The number of anilines is 7. The number of urea groups is 1. The summed E-state index contributed by atoms with van der Waals surface area (Å²) < 4.78 is 23.8. The molecule has 594 valence electrons. The second-order valence-electron chi connectivity index (χ2n) is 32.2. The zero-order valence-electron chi connectivity index (χ0n) is 67.6. The molecule has 0 aliphatic heterocycles. The minimum atomic E-state index is -0.518. The van der Waals surface area contributed by atoms with Crippen LogP contribution in [-0.2, 0) is 52.8 Å². The lowest BCUT2D eigenvalue weighted by molar-refractivity contribution is -0.116. The number of aryl methyl sites for hydroxylation is 3. The molecule has 4 amide bonds. The van der Waals surface area contributed by atoms with Crippen LogP contribution >= 0.6 is 22.9 Å². The van der Waals surface area contributed by atoms with Gasteiger partial charge in [0.25, 0.3) is 0 Å². The monoisotopic (exact) mass is 1590 g/mol. The lowest BCUT2D eigenvalue weighted by atomic mass is 9.92. The summed E-state index contributed by atoms with van der Waals surface area (Å²) in [6.07, 6.45) is 4.32. The van der Waals surface area contributed by atoms with Crippen molar-refractivity contribution < 1.29 is 18.8 Å². The molecule has 6 aromatic carbocycles. The molecule has 116 heavy (non-hydrogen) atoms. The SMILES string of the molecule is CC(C)c1ccc(-n2nc(C(C)(C)C)cc2NC(=O)Cc2ccc(-c3nn(C)c4ncnc(N)c34)cc2)cc1.CC(C)c1ccc(-n2nc(C(C)(C)C)cc2NC(=O)Cc2ccc(-c3nn(C)c4ncnc(N)c34)cc2F)cc1.Cc1ccc(-n2nc(C(C)(C)C)cc2NC(=O)Nc2ccc(-c3csc4ncnc(N)c34)cc2Cl)cc1. The van der Waals surface area contributed by atoms with Crippen molar-refractivity contribution in [1.29, 1.82) is 0 Å². The lowest BCUT2D eigenvalue weighted by Crippen LogP contribution is -2.21. The first-order valence-electron chi connectivity index (χ1n) is 37.8. The van der Waals surface area contributed by atoms with Crippen molar-refractivity contribution in [3.63, 3.8) is 0 Å². The Balaban J connectivity index is 0.000000151. The van der Waals surface area contributed by atoms with Crippen LogP contribution in [0.15, 0.2) is 176 Å². The largest absolute Gasteiger partial charge is 0.383 e. The quantitative estimate of drug-likeness (QED) is 0.0472. The molecule has 0 saturated carbocycles. The van der Waals surface area contributed by atoms with E-state index in [0.717, 1.165) is 77.6 Å². The number of rotatable bonds is 16. The van der Waals surface area contributed by atoms with E-state index in [1.54, 1.807) is 50.0 Å². The van der Waals surface area contributed by atoms with Gasteiger partial charge in [0.2, 0.25) is 11.8 Å². The van der Waals surface area contributed by atoms with Gasteiger partial charge in [0.15, 0.2) is 11.3 Å². The van der Waals surface area contributed by atoms with E-state index in [-0.39, 0.29) is 52.3 Å². The summed E-state index contributed by atoms with van der Waals surface area (Å²) in [4.78, 5) is 65.1. The fourth-order valence-electron chi connectivity index (χ4n) is 12.9. The number of carbonyl (C=O) groups excluding carboxylic acids is 3. The first-order chi connectivity index (χ1) is 55.0. The molecule has 9 heterocycles. The molecule has 26 nitrogen and oxygen atoms in total. The van der Waals surface area contributed by atoms with Crippen LogP contribution in [0, 0.1) is 12.7 Å². The summed E-state index contributed by atoms with van der Waals surface area (Å²) in [6, 6.07) is 47.5. The van der Waals surface area contributed by atoms with Crippen LogP contribution in [0.3, 0.4) is 0 Å². The number of carbonyl (C=O) groups is 3. The zero-order chi connectivity index (χ0) is 83.0. The summed E-state index contributed by atoms with van der Waals surface area (Å²) >= 11 is 8.06. The highest BCUT2D eigenvalue weighted by Gasteiger charge is 2.28. The van der Waals surface area contributed by atoms with Crippen molar-refractivity contribution in [2.75, 3.05) is 38.5 Å². The number of nitrogens with one attached hydrogen (secondary N) is 4. The topological polar surface area (TPSA) is 344 Å². The molecular weight excluding hydrogens is 1500 g/mol. The average molecular weight is 1600 g/mol. The van der Waals surface area contributed by atoms with Gasteiger partial charge in [0.05, 0.1) is 73.9 Å². The second kappa shape index (κ2) is 32.8. The number of hydrogen-bond donors (Lipinski definition) is 7. The molecule has 29 heteroatoms. The van der Waals surface area contributed by atoms with Gasteiger partial charge in [-0.25, -0.2) is 62.5 Å². The number of nitrogens with two attached hydrogens (primary N) is 3. The van der Waals surface area contributed by atoms with Crippen molar-refractivity contribution in [2.45, 2.75) is 138 Å². The molecule has 0 bridgehead atoms. The third-order valence-electron chi connectivity index (χ3n) is 19.6. The minimum Gasteiger partial charge on any atom is -0.383 e. The number of halogens is 2. The third kappa shape index (κ3) is 17.8. The predicted molar refractivity (Wildman–Crippen MR) is 462 cm³/mol. The third-order valence-corrected chi connectivity index (χ3v) is 20.8. The summed E-state index contributed by atoms with van der Waals surface area (Å²) in [5.74, 6) is 2.64. The van der Waals surface area contributed by atoms with Crippen molar-refractivity contribution in [2.24, 2.45) is 14.1 Å². The van der Waals surface area contributed by atoms with Crippen LogP contribution in [0.1, 0.15) is 147 Å². The van der Waals surface area contributed by atoms with Crippen molar-refractivity contribution in [1.82, 2.24) is 78.8 Å². The molecule has 10 N–H and O–H groups in total. The van der Waals surface area contributed by atoms with E-state index in [9.17, 15) is 14.4 Å². The van der Waals surface area contributed by atoms with Crippen molar-refractivity contribution >= 4 is 114 Å². The Morgan fingerprint density at radius 2 is 0.897 bits per heavy atom. The van der Waals surface area contributed by atoms with Crippen LogP contribution in [0.2, 0.25) is 5.02 Å². The lowest BCUT2D eigenvalue weighted by Gasteiger charge is -2.14. The minimum absolute atomic E-state index is 0.121. The highest BCUT2D eigenvalue weighted by atomic mass is 35.5. The molecular formula is C87H93ClFN23O3S. The van der Waals surface area contributed by atoms with Gasteiger partial charge in [-0.3, -0.25) is 14.9 Å². The molecule has 0 spiro atoms. The van der Waals surface area contributed by atoms with Crippen LogP contribution in [-0.4, -0.2) is 96.7 Å². The highest BCUT2D eigenvalue weighted by molar-refractivity contribution is 7.17. The van der Waals surface area contributed by atoms with E-state index in [0.29, 0.717) is 85.3 Å². The Hall–Kier alpha value is -13.1. The summed E-state index contributed by atoms with van der Waals surface area (Å²) in [7, 11) is 3.56. The van der Waals surface area contributed by atoms with Crippen molar-refractivity contribution in [3.05, 3.63) is 232 Å². The first-order valence-corrected chi connectivity index (χ1v) is 39.1. The molecule has 0 unspecified atom stereocenters. The van der Waals surface area contributed by atoms with Crippen molar-refractivity contribution in [3.8, 4) is 50.7 Å². The number of nitrogen functional groups attached to an aromatic ring is 3. The fourth-order valence-corrected chi connectivity index (χ4v) is 14.1. The van der Waals surface area contributed by atoms with E-state index in [4.69, 9.17) is 44.1 Å². The standard InChI is InChI=1S/C30H33FN8O.C30H34N8O.C27H26ClN7OS/c1-17(2)18-9-11-21(12-10-18)39-24(15-23(36-39)30(3,4)5)35-25(40)14-19-7-8-20(13-22(19)31)27-26-28(32)33-16-34-29(26)38(6)37-27;1-18(2)20-11-13-22(14-12-20)38-24(16-23(35-38)30(3,4)5)34-25(39)15-19-7-9-21(10-8-19)27-26-28(31)32-17-33-29(26)37(6)36-27;1-15-5-8-17(9-6-15)35-22(12-21(34-35)27(2,3)4)33-26(36)32-20-10-7-16(11-19(20)28)18-13-37-25-23(18)24(29)30-14-31-25/h7-13,15-17H,14H2,1-6H3,(H,35,40)(H2,32,33,34);7-14,16-18H,15H2,1-6H3,(H,34,39)(H2,31,32,33);5-14H,1-4H3,(H2,29,30,31)(H2,32,33,36). The number of fused-ring (bicyclic) bond motifs is 3. The normalized spacial score (nSPS) is 11.8. The number of amides is 4. The maximum Gasteiger partial charge on any atom is 0.324 e. The molecule has 0 saturated heterocycles. The average Bonchev–Trinajstić information content (AvgIpc) is 1.62. The summed E-state index contributed by atoms with van der Waals surface area (Å²) in [5.41, 5.74) is 33.6. The maximum atomic E-state index is 15.3. The van der Waals surface area contributed by atoms with Crippen LogP contribution < -0.4 is 38.5 Å². The van der Waals surface area contributed by atoms with Gasteiger partial charge in [0, 0.05) is 70.6 Å². The van der Waals surface area contributed by atoms with Gasteiger partial charge in [-0.1, -0.05) is 186 Å². The molecule has 0 fully saturated rings. The zero-order valence-corrected chi connectivity index (χ0v) is 69.2. The molecule has 0 aliphatic rings. The van der Waals surface area contributed by atoms with Gasteiger partial charge >= 0.3 is 6.03 Å². The Morgan fingerprint density at radius 1 is 0.474 bits per heavy atom. The van der Waals surface area contributed by atoms with E-state index in [1.807, 2.05) is 121 Å². The van der Waals surface area contributed by atoms with Gasteiger partial charge in [0.1, 0.15) is 75.9 Å². The molecule has 0 radical (unpaired) electrons. The van der Waals surface area contributed by atoms with E-state index >= 15 is 4.39 Å². The Morgan fingerprint density at radius 3 is 1.35 bits per heavy atom. The fraction of sp³-hybridized carbons (Fsp3) is 0.264. The Kier molecular flexibility index (Phi) is 22.9. The van der Waals surface area contributed by atoms with Gasteiger partial charge in [-0.15, -0.1) is 11.3 Å². The molecule has 15 aromatic rings. The van der Waals surface area contributed by atoms with Crippen LogP contribution in [0.25, 0.3) is 83.0 Å². The van der Waals surface area contributed by atoms with E-state index in [1.165, 1.54) is 47.5 Å². The Labute approximate surface area is 680 Å². The second-order valence-corrected chi connectivity index (χ2v) is 33.5. The number of hydrogen-bond acceptors (Lipinski definition) is 18. The first kappa shape index (κ1) is 81.0. The number of benzene rings is 6. The van der Waals surface area contributed by atoms with E-state index in [2.05, 4.69) is 176 Å². The maximum absolute atomic E-state index is 15.3. The van der Waals surface area contributed by atoms with Gasteiger partial charge in [-0.05, 0) is 101 Å². The van der Waals surface area contributed by atoms with Crippen LogP contribution in [0.4, 0.5) is 49.8 Å². The number of aromatic nitrogens is 16. The smallest absolute Gasteiger partial charge is 0.324 e.